The maximum Gasteiger partial charge on any atom is 0.210 e. The fraction of sp³-hybridized carbons (Fsp3) is 0.280. The molecular weight excluding hydrogens is 363 g/mol. The van der Waals surface area contributed by atoms with E-state index in [2.05, 4.69) is 94.4 Å². The molecule has 28 heavy (non-hydrogen) atoms. The molecule has 3 aromatic carbocycles. The van der Waals surface area contributed by atoms with Crippen LogP contribution in [-0.4, -0.2) is 6.79 Å². The fourth-order valence-corrected chi connectivity index (χ4v) is 5.04. The highest BCUT2D eigenvalue weighted by Crippen LogP contribution is 2.50. The molecule has 1 heterocycles. The number of hydrogen-bond donors (Lipinski definition) is 0. The second-order valence-corrected chi connectivity index (χ2v) is 9.33. The van der Waals surface area contributed by atoms with Gasteiger partial charge < -0.3 is 9.05 Å². The van der Waals surface area contributed by atoms with Gasteiger partial charge in [0.05, 0.1) is 0 Å². The van der Waals surface area contributed by atoms with Crippen LogP contribution in [0.3, 0.4) is 0 Å². The van der Waals surface area contributed by atoms with E-state index in [1.807, 2.05) is 0 Å². The Morgan fingerprint density at radius 2 is 1.18 bits per heavy atom. The van der Waals surface area contributed by atoms with E-state index in [1.165, 1.54) is 38.7 Å². The minimum atomic E-state index is -1.00. The van der Waals surface area contributed by atoms with Crippen LogP contribution in [-0.2, 0) is 9.05 Å². The van der Waals surface area contributed by atoms with Crippen molar-refractivity contribution in [2.24, 2.45) is 0 Å². The first-order valence-electron chi connectivity index (χ1n) is 9.95. The van der Waals surface area contributed by atoms with Gasteiger partial charge in [-0.25, -0.2) is 0 Å². The van der Waals surface area contributed by atoms with Gasteiger partial charge in [0.1, 0.15) is 0 Å². The molecule has 1 aliphatic heterocycles. The van der Waals surface area contributed by atoms with E-state index >= 15 is 0 Å². The zero-order valence-corrected chi connectivity index (χ0v) is 17.9. The molecule has 0 saturated carbocycles. The van der Waals surface area contributed by atoms with Crippen LogP contribution >= 0.6 is 8.38 Å². The Labute approximate surface area is 169 Å². The molecule has 144 valence electrons. The Morgan fingerprint density at radius 1 is 0.643 bits per heavy atom. The van der Waals surface area contributed by atoms with Crippen LogP contribution in [0.1, 0.15) is 50.7 Å². The molecule has 0 radical (unpaired) electrons. The van der Waals surface area contributed by atoms with Gasteiger partial charge in [0.15, 0.2) is 6.79 Å². The van der Waals surface area contributed by atoms with Gasteiger partial charge in [-0.1, -0.05) is 88.4 Å². The number of benzene rings is 3. The highest BCUT2D eigenvalue weighted by Gasteiger charge is 2.29. The second-order valence-electron chi connectivity index (χ2n) is 7.82. The summed E-state index contributed by atoms with van der Waals surface area (Å²) in [7, 11) is -1.00. The molecule has 1 saturated heterocycles. The highest BCUT2D eigenvalue weighted by atomic mass is 31.2. The Balaban J connectivity index is 2.02. The van der Waals surface area contributed by atoms with Gasteiger partial charge in [-0.2, -0.15) is 0 Å². The van der Waals surface area contributed by atoms with Crippen molar-refractivity contribution in [1.29, 1.82) is 0 Å². The molecule has 0 atom stereocenters. The van der Waals surface area contributed by atoms with Crippen molar-refractivity contribution >= 4 is 13.7 Å². The summed E-state index contributed by atoms with van der Waals surface area (Å²) in [6, 6.07) is 24.0. The van der Waals surface area contributed by atoms with Crippen LogP contribution in [0.4, 0.5) is 0 Å². The van der Waals surface area contributed by atoms with Gasteiger partial charge in [-0.15, -0.1) is 0 Å². The van der Waals surface area contributed by atoms with Gasteiger partial charge in [-0.05, 0) is 45.7 Å². The van der Waals surface area contributed by atoms with Crippen LogP contribution in [0, 0.1) is 0 Å². The first-order chi connectivity index (χ1) is 13.6. The van der Waals surface area contributed by atoms with Gasteiger partial charge in [-0.3, -0.25) is 0 Å². The Kier molecular flexibility index (Phi) is 5.64. The van der Waals surface area contributed by atoms with Crippen molar-refractivity contribution in [3.63, 3.8) is 0 Å². The molecule has 0 aliphatic carbocycles. The monoisotopic (exact) mass is 390 g/mol. The quantitative estimate of drug-likeness (QED) is 0.429. The zero-order valence-electron chi connectivity index (χ0n) is 17.0. The van der Waals surface area contributed by atoms with Crippen LogP contribution in [0.25, 0.3) is 22.3 Å². The van der Waals surface area contributed by atoms with E-state index < -0.39 is 8.38 Å². The predicted octanol–water partition coefficient (Wildman–Crippen LogP) is 7.21. The van der Waals surface area contributed by atoms with Crippen molar-refractivity contribution in [3.05, 3.63) is 77.9 Å². The normalized spacial score (nSPS) is 14.5. The summed E-state index contributed by atoms with van der Waals surface area (Å²) in [5.41, 5.74) is 7.81. The third kappa shape index (κ3) is 3.53. The molecule has 0 N–H and O–H groups in total. The molecular formula is C25H27O2P. The lowest BCUT2D eigenvalue weighted by Crippen LogP contribution is -2.19. The topological polar surface area (TPSA) is 18.5 Å². The third-order valence-corrected chi connectivity index (χ3v) is 6.75. The van der Waals surface area contributed by atoms with E-state index in [9.17, 15) is 0 Å². The van der Waals surface area contributed by atoms with E-state index in [4.69, 9.17) is 9.05 Å². The van der Waals surface area contributed by atoms with Gasteiger partial charge in [0.2, 0.25) is 8.38 Å². The molecule has 3 aromatic rings. The second kappa shape index (κ2) is 8.17. The minimum Gasteiger partial charge on any atom is -0.303 e. The van der Waals surface area contributed by atoms with Crippen molar-refractivity contribution in [1.82, 2.24) is 0 Å². The molecule has 3 heteroatoms. The maximum atomic E-state index is 5.79. The average Bonchev–Trinajstić information content (AvgIpc) is 2.66. The summed E-state index contributed by atoms with van der Waals surface area (Å²) in [4.78, 5) is 0. The Bertz CT molecular complexity index is 974. The van der Waals surface area contributed by atoms with E-state index in [1.54, 1.807) is 0 Å². The Morgan fingerprint density at radius 3 is 1.75 bits per heavy atom. The van der Waals surface area contributed by atoms with Crippen LogP contribution in [0.5, 0.6) is 0 Å². The maximum absolute atomic E-state index is 5.79. The fourth-order valence-electron chi connectivity index (χ4n) is 3.92. The highest BCUT2D eigenvalue weighted by molar-refractivity contribution is 7.57. The largest absolute Gasteiger partial charge is 0.303 e. The lowest BCUT2D eigenvalue weighted by atomic mass is 9.85. The summed E-state index contributed by atoms with van der Waals surface area (Å²) >= 11 is 0. The van der Waals surface area contributed by atoms with Gasteiger partial charge in [0, 0.05) is 10.9 Å². The number of rotatable bonds is 5. The molecule has 1 fully saturated rings. The number of hydrogen-bond acceptors (Lipinski definition) is 2. The first kappa shape index (κ1) is 19.3. The summed E-state index contributed by atoms with van der Waals surface area (Å²) in [5, 5.41) is 1.17. The van der Waals surface area contributed by atoms with Crippen LogP contribution < -0.4 is 5.30 Å². The van der Waals surface area contributed by atoms with Crippen molar-refractivity contribution < 1.29 is 9.05 Å². The lowest BCUT2D eigenvalue weighted by Gasteiger charge is -2.29. The van der Waals surface area contributed by atoms with Crippen molar-refractivity contribution in [2.75, 3.05) is 6.79 Å². The SMILES string of the molecule is CC(C)c1ccccc1-c1cccc(P2OCO2)c1-c1ccccc1C(C)C. The van der Waals surface area contributed by atoms with Gasteiger partial charge in [0.25, 0.3) is 0 Å². The third-order valence-electron chi connectivity index (χ3n) is 5.30. The van der Waals surface area contributed by atoms with Crippen molar-refractivity contribution in [2.45, 2.75) is 39.5 Å². The first-order valence-corrected chi connectivity index (χ1v) is 11.1. The molecule has 0 bridgehead atoms. The summed E-state index contributed by atoms with van der Waals surface area (Å²) in [5.74, 6) is 0.892. The summed E-state index contributed by atoms with van der Waals surface area (Å²) in [6.45, 7) is 9.42. The average molecular weight is 390 g/mol. The molecule has 4 rings (SSSR count). The van der Waals surface area contributed by atoms with E-state index in [0.29, 0.717) is 18.6 Å². The zero-order chi connectivity index (χ0) is 19.7. The smallest absolute Gasteiger partial charge is 0.210 e. The van der Waals surface area contributed by atoms with Gasteiger partial charge >= 0.3 is 0 Å². The van der Waals surface area contributed by atoms with E-state index in [0.717, 1.165) is 0 Å². The predicted molar refractivity (Wildman–Crippen MR) is 119 cm³/mol. The standard InChI is InChI=1S/C25H27O2P/c1-17(2)19-10-5-7-12-21(19)23-14-9-15-24(28-26-16-27-28)25(23)22-13-8-6-11-20(22)18(3)4/h5-15,17-18H,16H2,1-4H3. The van der Waals surface area contributed by atoms with E-state index in [-0.39, 0.29) is 0 Å². The van der Waals surface area contributed by atoms with Crippen molar-refractivity contribution in [3.8, 4) is 22.3 Å². The molecule has 0 unspecified atom stereocenters. The molecule has 0 aromatic heterocycles. The summed E-state index contributed by atoms with van der Waals surface area (Å²) < 4.78 is 11.6. The van der Waals surface area contributed by atoms with Crippen LogP contribution in [0.2, 0.25) is 0 Å². The molecule has 1 aliphatic rings. The molecule has 0 amide bonds. The molecule has 2 nitrogen and oxygen atoms in total. The Hall–Kier alpha value is -1.99. The minimum absolute atomic E-state index is 0.393. The lowest BCUT2D eigenvalue weighted by molar-refractivity contribution is 0.0446. The summed E-state index contributed by atoms with van der Waals surface area (Å²) in [6.07, 6.45) is 0. The van der Waals surface area contributed by atoms with Crippen LogP contribution in [0.15, 0.2) is 66.7 Å². The molecule has 0 spiro atoms.